The fraction of sp³-hybridized carbons (Fsp3) is 0.360. The number of hydrogen-bond donors (Lipinski definition) is 0. The van der Waals surface area contributed by atoms with Crippen LogP contribution in [-0.2, 0) is 17.8 Å². The predicted molar refractivity (Wildman–Crippen MR) is 120 cm³/mol. The van der Waals surface area contributed by atoms with Crippen molar-refractivity contribution in [3.05, 3.63) is 93.4 Å². The Hall–Kier alpha value is -3.28. The Morgan fingerprint density at radius 1 is 1.10 bits per heavy atom. The minimum Gasteiger partial charge on any atom is -0.340 e. The maximum absolute atomic E-state index is 12.9. The van der Waals surface area contributed by atoms with E-state index in [0.29, 0.717) is 18.8 Å². The van der Waals surface area contributed by atoms with Gasteiger partial charge < -0.3 is 4.90 Å². The van der Waals surface area contributed by atoms with E-state index in [2.05, 4.69) is 29.2 Å². The lowest BCUT2D eigenvalue weighted by molar-refractivity contribution is -0.133. The molecule has 6 nitrogen and oxygen atoms in total. The van der Waals surface area contributed by atoms with E-state index in [1.807, 2.05) is 42.3 Å². The average Bonchev–Trinajstić information content (AvgIpc) is 2.77. The number of pyridine rings is 1. The van der Waals surface area contributed by atoms with Gasteiger partial charge in [-0.25, -0.2) is 4.79 Å². The largest absolute Gasteiger partial charge is 0.348 e. The van der Waals surface area contributed by atoms with Crippen molar-refractivity contribution in [1.82, 2.24) is 19.4 Å². The van der Waals surface area contributed by atoms with Gasteiger partial charge in [-0.2, -0.15) is 4.98 Å². The number of likely N-dealkylation sites (tertiary alicyclic amines) is 1. The topological polar surface area (TPSA) is 68.1 Å². The highest BCUT2D eigenvalue weighted by Crippen LogP contribution is 2.26. The molecule has 1 aliphatic heterocycles. The molecule has 1 saturated heterocycles. The van der Waals surface area contributed by atoms with Crippen LogP contribution >= 0.6 is 0 Å². The predicted octanol–water partition coefficient (Wildman–Crippen LogP) is 3.25. The SMILES string of the molecule is Cc1cc(C)n(CC(=O)N2CCC[C@H](c3ccc(Cc4ccccc4)cn3)C2)c(=O)n1. The van der Waals surface area contributed by atoms with Crippen LogP contribution in [0.3, 0.4) is 0 Å². The summed E-state index contributed by atoms with van der Waals surface area (Å²) in [6, 6.07) is 16.4. The van der Waals surface area contributed by atoms with Crippen LogP contribution in [0.5, 0.6) is 0 Å². The van der Waals surface area contributed by atoms with Crippen LogP contribution in [0.4, 0.5) is 0 Å². The number of rotatable bonds is 5. The average molecular weight is 417 g/mol. The molecule has 0 saturated carbocycles. The Bertz CT molecular complexity index is 1110. The molecule has 6 heteroatoms. The van der Waals surface area contributed by atoms with Gasteiger partial charge in [-0.1, -0.05) is 36.4 Å². The third kappa shape index (κ3) is 5.08. The molecule has 1 fully saturated rings. The molecule has 1 aromatic carbocycles. The summed E-state index contributed by atoms with van der Waals surface area (Å²) in [5, 5.41) is 0. The van der Waals surface area contributed by atoms with E-state index in [1.165, 1.54) is 15.7 Å². The van der Waals surface area contributed by atoms with Gasteiger partial charge in [0.2, 0.25) is 5.91 Å². The Labute approximate surface area is 182 Å². The van der Waals surface area contributed by atoms with Crippen LogP contribution in [0, 0.1) is 13.8 Å². The maximum Gasteiger partial charge on any atom is 0.348 e. The molecule has 1 amide bonds. The lowest BCUT2D eigenvalue weighted by Crippen LogP contribution is -2.43. The summed E-state index contributed by atoms with van der Waals surface area (Å²) in [7, 11) is 0. The molecule has 31 heavy (non-hydrogen) atoms. The van der Waals surface area contributed by atoms with Crippen molar-refractivity contribution in [2.45, 2.75) is 45.6 Å². The van der Waals surface area contributed by atoms with Crippen molar-refractivity contribution in [1.29, 1.82) is 0 Å². The van der Waals surface area contributed by atoms with E-state index in [-0.39, 0.29) is 24.1 Å². The van der Waals surface area contributed by atoms with Crippen LogP contribution in [0.15, 0.2) is 59.5 Å². The second-order valence-electron chi connectivity index (χ2n) is 8.34. The first-order valence-corrected chi connectivity index (χ1v) is 10.8. The molecule has 2 aromatic heterocycles. The van der Waals surface area contributed by atoms with E-state index in [4.69, 9.17) is 4.98 Å². The van der Waals surface area contributed by atoms with Crippen molar-refractivity contribution in [2.75, 3.05) is 13.1 Å². The Balaban J connectivity index is 1.41. The van der Waals surface area contributed by atoms with Crippen molar-refractivity contribution in [3.8, 4) is 0 Å². The fourth-order valence-corrected chi connectivity index (χ4v) is 4.26. The molecule has 3 aromatic rings. The molecule has 0 unspecified atom stereocenters. The van der Waals surface area contributed by atoms with E-state index < -0.39 is 0 Å². The first-order valence-electron chi connectivity index (χ1n) is 10.8. The van der Waals surface area contributed by atoms with Gasteiger partial charge in [-0.3, -0.25) is 14.3 Å². The minimum atomic E-state index is -0.366. The number of amides is 1. The third-order valence-electron chi connectivity index (χ3n) is 5.93. The van der Waals surface area contributed by atoms with Crippen LogP contribution in [0.2, 0.25) is 0 Å². The summed E-state index contributed by atoms with van der Waals surface area (Å²) in [6.45, 7) is 5.01. The van der Waals surface area contributed by atoms with Crippen molar-refractivity contribution in [3.63, 3.8) is 0 Å². The van der Waals surface area contributed by atoms with E-state index in [9.17, 15) is 9.59 Å². The zero-order valence-electron chi connectivity index (χ0n) is 18.1. The molecule has 0 spiro atoms. The normalized spacial score (nSPS) is 16.3. The zero-order valence-corrected chi connectivity index (χ0v) is 18.1. The number of piperidine rings is 1. The Kier molecular flexibility index (Phi) is 6.26. The number of carbonyl (C=O) groups is 1. The van der Waals surface area contributed by atoms with Crippen molar-refractivity contribution in [2.24, 2.45) is 0 Å². The third-order valence-corrected chi connectivity index (χ3v) is 5.93. The lowest BCUT2D eigenvalue weighted by atomic mass is 9.93. The van der Waals surface area contributed by atoms with Gasteiger partial charge in [-0.05, 0) is 56.4 Å². The van der Waals surface area contributed by atoms with Gasteiger partial charge >= 0.3 is 5.69 Å². The molecule has 0 radical (unpaired) electrons. The smallest absolute Gasteiger partial charge is 0.340 e. The number of benzene rings is 1. The van der Waals surface area contributed by atoms with Gasteiger partial charge in [0.25, 0.3) is 0 Å². The number of nitrogens with zero attached hydrogens (tertiary/aromatic N) is 4. The Morgan fingerprint density at radius 3 is 2.61 bits per heavy atom. The lowest BCUT2D eigenvalue weighted by Gasteiger charge is -2.33. The molecule has 4 rings (SSSR count). The van der Waals surface area contributed by atoms with E-state index in [0.717, 1.165) is 30.7 Å². The molecule has 160 valence electrons. The van der Waals surface area contributed by atoms with Gasteiger partial charge in [-0.15, -0.1) is 0 Å². The zero-order chi connectivity index (χ0) is 21.8. The van der Waals surface area contributed by atoms with Gasteiger partial charge in [0.1, 0.15) is 6.54 Å². The molecular weight excluding hydrogens is 388 g/mol. The van der Waals surface area contributed by atoms with Crippen LogP contribution < -0.4 is 5.69 Å². The summed E-state index contributed by atoms with van der Waals surface area (Å²) >= 11 is 0. The molecule has 0 N–H and O–H groups in total. The number of aromatic nitrogens is 3. The van der Waals surface area contributed by atoms with Gasteiger partial charge in [0, 0.05) is 42.3 Å². The first kappa shape index (κ1) is 21.0. The summed E-state index contributed by atoms with van der Waals surface area (Å²) in [6.07, 6.45) is 4.76. The molecule has 1 aliphatic rings. The quantitative estimate of drug-likeness (QED) is 0.640. The Morgan fingerprint density at radius 2 is 1.90 bits per heavy atom. The maximum atomic E-state index is 12.9. The number of aryl methyl sites for hydroxylation is 2. The van der Waals surface area contributed by atoms with E-state index in [1.54, 1.807) is 6.92 Å². The van der Waals surface area contributed by atoms with Crippen molar-refractivity contribution < 1.29 is 4.79 Å². The summed E-state index contributed by atoms with van der Waals surface area (Å²) in [5.41, 5.74) is 4.54. The van der Waals surface area contributed by atoms with Crippen molar-refractivity contribution >= 4 is 5.91 Å². The highest BCUT2D eigenvalue weighted by Gasteiger charge is 2.26. The number of hydrogen-bond acceptors (Lipinski definition) is 4. The highest BCUT2D eigenvalue weighted by atomic mass is 16.2. The summed E-state index contributed by atoms with van der Waals surface area (Å²) in [5.74, 6) is 0.179. The van der Waals surface area contributed by atoms with Gasteiger partial charge in [0.05, 0.1) is 0 Å². The molecular formula is C25H28N4O2. The van der Waals surface area contributed by atoms with Crippen LogP contribution in [-0.4, -0.2) is 38.4 Å². The molecule has 3 heterocycles. The van der Waals surface area contributed by atoms with Crippen LogP contribution in [0.1, 0.15) is 47.0 Å². The van der Waals surface area contributed by atoms with Crippen LogP contribution in [0.25, 0.3) is 0 Å². The molecule has 0 bridgehead atoms. The second kappa shape index (κ2) is 9.25. The van der Waals surface area contributed by atoms with Gasteiger partial charge in [0.15, 0.2) is 0 Å². The standard InChI is InChI=1S/C25H28N4O2/c1-18-13-19(2)29(25(31)27-18)17-24(30)28-12-6-9-22(16-28)23-11-10-21(15-26-23)14-20-7-4-3-5-8-20/h3-5,7-8,10-11,13,15,22H,6,9,12,14,16-17H2,1-2H3/t22-/m0/s1. The molecule has 0 aliphatic carbocycles. The monoisotopic (exact) mass is 416 g/mol. The fourth-order valence-electron chi connectivity index (χ4n) is 4.26. The second-order valence-corrected chi connectivity index (χ2v) is 8.34. The highest BCUT2D eigenvalue weighted by molar-refractivity contribution is 5.76. The summed E-state index contributed by atoms with van der Waals surface area (Å²) in [4.78, 5) is 35.6. The molecule has 1 atom stereocenters. The summed E-state index contributed by atoms with van der Waals surface area (Å²) < 4.78 is 1.45. The number of carbonyl (C=O) groups excluding carboxylic acids is 1. The first-order chi connectivity index (χ1) is 15.0. The minimum absolute atomic E-state index is 0.0358. The van der Waals surface area contributed by atoms with E-state index >= 15 is 0 Å².